The quantitative estimate of drug-likeness (QED) is 0.797. The van der Waals surface area contributed by atoms with Crippen molar-refractivity contribution < 1.29 is 9.21 Å². The summed E-state index contributed by atoms with van der Waals surface area (Å²) in [4.78, 5) is 13.5. The van der Waals surface area contributed by atoms with Gasteiger partial charge in [-0.15, -0.1) is 10.2 Å². The molecule has 1 fully saturated rings. The van der Waals surface area contributed by atoms with Gasteiger partial charge in [0.25, 0.3) is 0 Å². The van der Waals surface area contributed by atoms with Crippen molar-refractivity contribution in [3.05, 3.63) is 47.8 Å². The first-order valence-electron chi connectivity index (χ1n) is 6.69. The molecule has 0 aliphatic heterocycles. The Balaban J connectivity index is 1.80. The Kier molecular flexibility index (Phi) is 3.75. The number of aromatic nitrogens is 2. The van der Waals surface area contributed by atoms with Crippen LogP contribution in [0.2, 0.25) is 5.02 Å². The minimum atomic E-state index is -0.116. The number of nitrogens with zero attached hydrogens (tertiary/aromatic N) is 3. The minimum Gasteiger partial charge on any atom is -0.419 e. The zero-order chi connectivity index (χ0) is 14.8. The van der Waals surface area contributed by atoms with Gasteiger partial charge in [0.05, 0.1) is 17.1 Å². The highest BCUT2D eigenvalue weighted by Gasteiger charge is 2.32. The molecule has 1 saturated carbocycles. The van der Waals surface area contributed by atoms with E-state index in [0.717, 1.165) is 12.8 Å². The number of benzene rings is 1. The summed E-state index contributed by atoms with van der Waals surface area (Å²) < 4.78 is 5.62. The summed E-state index contributed by atoms with van der Waals surface area (Å²) in [6, 6.07) is 7.51. The van der Waals surface area contributed by atoms with Gasteiger partial charge in [-0.2, -0.15) is 0 Å². The molecule has 108 valence electrons. The van der Waals surface area contributed by atoms with Crippen molar-refractivity contribution in [2.75, 3.05) is 0 Å². The first kappa shape index (κ1) is 13.8. The third-order valence-electron chi connectivity index (χ3n) is 3.32. The van der Waals surface area contributed by atoms with E-state index in [4.69, 9.17) is 16.0 Å². The summed E-state index contributed by atoms with van der Waals surface area (Å²) in [5.74, 6) is 0.638. The van der Waals surface area contributed by atoms with Crippen LogP contribution < -0.4 is 0 Å². The van der Waals surface area contributed by atoms with Gasteiger partial charge in [-0.1, -0.05) is 30.3 Å². The van der Waals surface area contributed by atoms with E-state index in [1.807, 2.05) is 18.2 Å². The highest BCUT2D eigenvalue weighted by Crippen LogP contribution is 2.30. The fourth-order valence-electron chi connectivity index (χ4n) is 2.10. The highest BCUT2D eigenvalue weighted by atomic mass is 35.5. The van der Waals surface area contributed by atoms with E-state index >= 15 is 0 Å². The van der Waals surface area contributed by atoms with Crippen molar-refractivity contribution in [3.8, 4) is 11.5 Å². The van der Waals surface area contributed by atoms with Crippen molar-refractivity contribution in [3.63, 3.8) is 0 Å². The highest BCUT2D eigenvalue weighted by molar-refractivity contribution is 6.33. The average Bonchev–Trinajstić information content (AvgIpc) is 3.23. The van der Waals surface area contributed by atoms with E-state index in [0.29, 0.717) is 28.9 Å². The molecule has 0 saturated heterocycles. The van der Waals surface area contributed by atoms with Crippen LogP contribution in [0.15, 0.2) is 41.3 Å². The van der Waals surface area contributed by atoms with E-state index in [-0.39, 0.29) is 11.9 Å². The van der Waals surface area contributed by atoms with Gasteiger partial charge in [0.2, 0.25) is 17.7 Å². The molecular formula is C15H14ClN3O2. The van der Waals surface area contributed by atoms with Crippen LogP contribution in [0.4, 0.5) is 0 Å². The second-order valence-corrected chi connectivity index (χ2v) is 5.29. The zero-order valence-corrected chi connectivity index (χ0v) is 12.1. The summed E-state index contributed by atoms with van der Waals surface area (Å²) in [5, 5.41) is 8.55. The van der Waals surface area contributed by atoms with Crippen molar-refractivity contribution in [2.24, 2.45) is 0 Å². The van der Waals surface area contributed by atoms with Crippen molar-refractivity contribution in [1.29, 1.82) is 0 Å². The molecule has 1 aliphatic carbocycles. The Hall–Kier alpha value is -2.14. The van der Waals surface area contributed by atoms with Crippen LogP contribution in [0.3, 0.4) is 0 Å². The summed E-state index contributed by atoms with van der Waals surface area (Å²) >= 11 is 6.10. The standard InChI is InChI=1S/C15H14ClN3O2/c1-2-14(20)19(10-7-8-10)9-13-17-18-15(21-13)11-5-3-4-6-12(11)16/h2-6,10H,1,7-9H2. The topological polar surface area (TPSA) is 59.2 Å². The Morgan fingerprint density at radius 2 is 2.19 bits per heavy atom. The van der Waals surface area contributed by atoms with E-state index in [2.05, 4.69) is 16.8 Å². The van der Waals surface area contributed by atoms with E-state index in [1.54, 1.807) is 11.0 Å². The largest absolute Gasteiger partial charge is 0.419 e. The fourth-order valence-corrected chi connectivity index (χ4v) is 2.31. The van der Waals surface area contributed by atoms with Gasteiger partial charge in [0, 0.05) is 6.04 Å². The number of halogens is 1. The molecule has 0 N–H and O–H groups in total. The SMILES string of the molecule is C=CC(=O)N(Cc1nnc(-c2ccccc2Cl)o1)C1CC1. The molecule has 6 heteroatoms. The van der Waals surface area contributed by atoms with Crippen LogP contribution in [0.5, 0.6) is 0 Å². The number of rotatable bonds is 5. The number of amides is 1. The fraction of sp³-hybridized carbons (Fsp3) is 0.267. The molecule has 0 radical (unpaired) electrons. The molecule has 0 atom stereocenters. The molecule has 1 aliphatic rings. The van der Waals surface area contributed by atoms with Gasteiger partial charge >= 0.3 is 0 Å². The Bertz CT molecular complexity index is 679. The minimum absolute atomic E-state index is 0.116. The first-order valence-corrected chi connectivity index (χ1v) is 7.07. The second-order valence-electron chi connectivity index (χ2n) is 4.88. The van der Waals surface area contributed by atoms with E-state index < -0.39 is 0 Å². The maximum atomic E-state index is 11.8. The molecule has 0 unspecified atom stereocenters. The van der Waals surface area contributed by atoms with Crippen LogP contribution in [-0.2, 0) is 11.3 Å². The first-order chi connectivity index (χ1) is 10.2. The predicted octanol–water partition coefficient (Wildman–Crippen LogP) is 3.07. The Labute approximate surface area is 127 Å². The zero-order valence-electron chi connectivity index (χ0n) is 11.3. The van der Waals surface area contributed by atoms with Gasteiger partial charge in [-0.25, -0.2) is 0 Å². The lowest BCUT2D eigenvalue weighted by molar-refractivity contribution is -0.127. The van der Waals surface area contributed by atoms with Gasteiger partial charge in [-0.3, -0.25) is 4.79 Å². The van der Waals surface area contributed by atoms with Gasteiger partial charge in [0.1, 0.15) is 0 Å². The number of carbonyl (C=O) groups excluding carboxylic acids is 1. The molecule has 1 amide bonds. The average molecular weight is 304 g/mol. The summed E-state index contributed by atoms with van der Waals surface area (Å²) in [6.07, 6.45) is 3.32. The number of carbonyl (C=O) groups is 1. The third kappa shape index (κ3) is 2.97. The number of hydrogen-bond acceptors (Lipinski definition) is 4. The van der Waals surface area contributed by atoms with Gasteiger partial charge < -0.3 is 9.32 Å². The molecule has 0 spiro atoms. The van der Waals surface area contributed by atoms with Gasteiger partial charge in [-0.05, 0) is 31.1 Å². The lowest BCUT2D eigenvalue weighted by Crippen LogP contribution is -2.31. The van der Waals surface area contributed by atoms with Crippen LogP contribution >= 0.6 is 11.6 Å². The second kappa shape index (κ2) is 5.69. The molecule has 5 nitrogen and oxygen atoms in total. The normalized spacial score (nSPS) is 14.0. The summed E-state index contributed by atoms with van der Waals surface area (Å²) in [6.45, 7) is 3.82. The van der Waals surface area contributed by atoms with Crippen molar-refractivity contribution in [1.82, 2.24) is 15.1 Å². The smallest absolute Gasteiger partial charge is 0.249 e. The molecular weight excluding hydrogens is 290 g/mol. The van der Waals surface area contributed by atoms with Crippen LogP contribution in [-0.4, -0.2) is 27.0 Å². The van der Waals surface area contributed by atoms with E-state index in [1.165, 1.54) is 6.08 Å². The van der Waals surface area contributed by atoms with E-state index in [9.17, 15) is 4.79 Å². The molecule has 0 bridgehead atoms. The molecule has 1 aromatic carbocycles. The lowest BCUT2D eigenvalue weighted by atomic mass is 10.2. The summed E-state index contributed by atoms with van der Waals surface area (Å²) in [7, 11) is 0. The van der Waals surface area contributed by atoms with Crippen LogP contribution in [0, 0.1) is 0 Å². The predicted molar refractivity (Wildman–Crippen MR) is 78.5 cm³/mol. The van der Waals surface area contributed by atoms with Crippen molar-refractivity contribution >= 4 is 17.5 Å². The lowest BCUT2D eigenvalue weighted by Gasteiger charge is -2.18. The van der Waals surface area contributed by atoms with Gasteiger partial charge in [0.15, 0.2) is 0 Å². The summed E-state index contributed by atoms with van der Waals surface area (Å²) in [5.41, 5.74) is 0.686. The maximum absolute atomic E-state index is 11.8. The monoisotopic (exact) mass is 303 g/mol. The molecule has 2 aromatic rings. The Morgan fingerprint density at radius 1 is 1.43 bits per heavy atom. The van der Waals surface area contributed by atoms with Crippen LogP contribution in [0.25, 0.3) is 11.5 Å². The Morgan fingerprint density at radius 3 is 2.86 bits per heavy atom. The molecule has 1 heterocycles. The van der Waals surface area contributed by atoms with Crippen LogP contribution in [0.1, 0.15) is 18.7 Å². The van der Waals surface area contributed by atoms with Crippen molar-refractivity contribution in [2.45, 2.75) is 25.4 Å². The molecule has 21 heavy (non-hydrogen) atoms. The maximum Gasteiger partial charge on any atom is 0.249 e. The third-order valence-corrected chi connectivity index (χ3v) is 3.65. The molecule has 1 aromatic heterocycles. The number of hydrogen-bond donors (Lipinski definition) is 0. The molecule has 3 rings (SSSR count).